The SMILES string of the molecule is O=C(O)c1ccc(C=C2NC(=S)N(C3CCCCC3)C2=O)cc1. The first-order valence-corrected chi connectivity index (χ1v) is 8.16. The summed E-state index contributed by atoms with van der Waals surface area (Å²) >= 11 is 5.32. The standard InChI is InChI=1S/C17H18N2O3S/c20-15-14(10-11-6-8-12(9-7-11)16(21)22)18-17(23)19(15)13-4-2-1-3-5-13/h6-10,13H,1-5H2,(H,18,23)(H,21,22). The van der Waals surface area contributed by atoms with E-state index < -0.39 is 5.97 Å². The van der Waals surface area contributed by atoms with Gasteiger partial charge in [0.05, 0.1) is 5.56 Å². The molecule has 0 spiro atoms. The van der Waals surface area contributed by atoms with Gasteiger partial charge in [0.25, 0.3) is 5.91 Å². The minimum atomic E-state index is -0.969. The number of hydrogen-bond donors (Lipinski definition) is 2. The van der Waals surface area contributed by atoms with Gasteiger partial charge in [-0.15, -0.1) is 0 Å². The largest absolute Gasteiger partial charge is 0.478 e. The number of carbonyl (C=O) groups is 2. The molecule has 0 unspecified atom stereocenters. The number of carbonyl (C=O) groups excluding carboxylic acids is 1. The van der Waals surface area contributed by atoms with Crippen molar-refractivity contribution in [3.05, 3.63) is 41.1 Å². The molecule has 1 amide bonds. The second-order valence-corrected chi connectivity index (χ2v) is 6.27. The van der Waals surface area contributed by atoms with Gasteiger partial charge in [0.1, 0.15) is 5.70 Å². The van der Waals surface area contributed by atoms with Gasteiger partial charge in [-0.3, -0.25) is 9.69 Å². The normalized spacial score (nSPS) is 20.9. The first-order chi connectivity index (χ1) is 11.1. The average molecular weight is 330 g/mol. The van der Waals surface area contributed by atoms with E-state index in [2.05, 4.69) is 5.32 Å². The number of nitrogens with zero attached hydrogens (tertiary/aromatic N) is 1. The number of rotatable bonds is 3. The lowest BCUT2D eigenvalue weighted by molar-refractivity contribution is -0.124. The number of carboxylic acids is 1. The predicted octanol–water partition coefficient (Wildman–Crippen LogP) is 2.78. The highest BCUT2D eigenvalue weighted by molar-refractivity contribution is 7.80. The van der Waals surface area contributed by atoms with Gasteiger partial charge >= 0.3 is 5.97 Å². The molecule has 0 radical (unpaired) electrons. The summed E-state index contributed by atoms with van der Waals surface area (Å²) in [5.41, 5.74) is 1.43. The molecule has 1 aliphatic heterocycles. The summed E-state index contributed by atoms with van der Waals surface area (Å²) in [7, 11) is 0. The number of hydrogen-bond acceptors (Lipinski definition) is 3. The molecule has 2 aliphatic rings. The Labute approximate surface area is 140 Å². The molecule has 1 saturated carbocycles. The second-order valence-electron chi connectivity index (χ2n) is 5.88. The van der Waals surface area contributed by atoms with Gasteiger partial charge in [-0.25, -0.2) is 4.79 Å². The van der Waals surface area contributed by atoms with Crippen LogP contribution in [0.3, 0.4) is 0 Å². The Morgan fingerprint density at radius 1 is 1.22 bits per heavy atom. The molecule has 1 aromatic carbocycles. The molecular formula is C17H18N2O3S. The summed E-state index contributed by atoms with van der Waals surface area (Å²) in [5.74, 6) is -1.06. The zero-order chi connectivity index (χ0) is 16.4. The smallest absolute Gasteiger partial charge is 0.335 e. The molecule has 2 fully saturated rings. The fraction of sp³-hybridized carbons (Fsp3) is 0.353. The number of nitrogens with one attached hydrogen (secondary N) is 1. The van der Waals surface area contributed by atoms with E-state index in [9.17, 15) is 9.59 Å². The lowest BCUT2D eigenvalue weighted by Crippen LogP contribution is -2.41. The van der Waals surface area contributed by atoms with Crippen molar-refractivity contribution in [2.24, 2.45) is 0 Å². The predicted molar refractivity (Wildman–Crippen MR) is 90.8 cm³/mol. The van der Waals surface area contributed by atoms with Crippen LogP contribution in [0, 0.1) is 0 Å². The Hall–Kier alpha value is -2.21. The first-order valence-electron chi connectivity index (χ1n) is 7.76. The van der Waals surface area contributed by atoms with Crippen LogP contribution in [0.4, 0.5) is 0 Å². The van der Waals surface area contributed by atoms with E-state index in [1.165, 1.54) is 18.6 Å². The molecule has 1 aliphatic carbocycles. The summed E-state index contributed by atoms with van der Waals surface area (Å²) in [4.78, 5) is 25.2. The van der Waals surface area contributed by atoms with Crippen LogP contribution in [-0.4, -0.2) is 33.0 Å². The average Bonchev–Trinajstić information content (AvgIpc) is 2.82. The van der Waals surface area contributed by atoms with Crippen molar-refractivity contribution in [2.45, 2.75) is 38.1 Å². The van der Waals surface area contributed by atoms with Crippen LogP contribution in [0.25, 0.3) is 6.08 Å². The van der Waals surface area contributed by atoms with Crippen LogP contribution in [0.5, 0.6) is 0 Å². The Kier molecular flexibility index (Phi) is 4.43. The Balaban J connectivity index is 1.79. The molecule has 120 valence electrons. The highest BCUT2D eigenvalue weighted by atomic mass is 32.1. The molecule has 0 aromatic heterocycles. The fourth-order valence-electron chi connectivity index (χ4n) is 3.11. The molecule has 0 bridgehead atoms. The number of carboxylic acid groups (broad SMARTS) is 1. The second kappa shape index (κ2) is 6.50. The van der Waals surface area contributed by atoms with Gasteiger partial charge in [-0.05, 0) is 48.8 Å². The minimum absolute atomic E-state index is 0.0933. The van der Waals surface area contributed by atoms with Gasteiger partial charge in [-0.2, -0.15) is 0 Å². The molecule has 5 nitrogen and oxygen atoms in total. The maximum Gasteiger partial charge on any atom is 0.335 e. The number of thiocarbonyl (C=S) groups is 1. The van der Waals surface area contributed by atoms with E-state index in [1.807, 2.05) is 0 Å². The van der Waals surface area contributed by atoms with Crippen LogP contribution in [0.2, 0.25) is 0 Å². The molecule has 6 heteroatoms. The molecule has 0 atom stereocenters. The van der Waals surface area contributed by atoms with Gasteiger partial charge in [-0.1, -0.05) is 31.4 Å². The molecule has 2 N–H and O–H groups in total. The quantitative estimate of drug-likeness (QED) is 0.659. The van der Waals surface area contributed by atoms with Crippen LogP contribution in [-0.2, 0) is 4.79 Å². The molecule has 3 rings (SSSR count). The van der Waals surface area contributed by atoms with Gasteiger partial charge in [0.15, 0.2) is 5.11 Å². The third kappa shape index (κ3) is 3.27. The van der Waals surface area contributed by atoms with Crippen molar-refractivity contribution < 1.29 is 14.7 Å². The Bertz CT molecular complexity index is 676. The Morgan fingerprint density at radius 3 is 2.48 bits per heavy atom. The molecule has 23 heavy (non-hydrogen) atoms. The van der Waals surface area contributed by atoms with Crippen LogP contribution < -0.4 is 5.32 Å². The van der Waals surface area contributed by atoms with Crippen LogP contribution >= 0.6 is 12.2 Å². The number of amides is 1. The summed E-state index contributed by atoms with van der Waals surface area (Å²) in [5, 5.41) is 12.4. The zero-order valence-electron chi connectivity index (χ0n) is 12.6. The Morgan fingerprint density at radius 2 is 1.87 bits per heavy atom. The number of benzene rings is 1. The molecular weight excluding hydrogens is 312 g/mol. The van der Waals surface area contributed by atoms with Crippen molar-refractivity contribution in [1.82, 2.24) is 10.2 Å². The van der Waals surface area contributed by atoms with Crippen molar-refractivity contribution >= 4 is 35.3 Å². The topological polar surface area (TPSA) is 69.6 Å². The highest BCUT2D eigenvalue weighted by Crippen LogP contribution is 2.26. The van der Waals surface area contributed by atoms with Crippen molar-refractivity contribution in [3.8, 4) is 0 Å². The van der Waals surface area contributed by atoms with Gasteiger partial charge < -0.3 is 10.4 Å². The monoisotopic (exact) mass is 330 g/mol. The van der Waals surface area contributed by atoms with Crippen molar-refractivity contribution in [2.75, 3.05) is 0 Å². The zero-order valence-corrected chi connectivity index (χ0v) is 13.4. The van der Waals surface area contributed by atoms with E-state index in [0.717, 1.165) is 31.2 Å². The lowest BCUT2D eigenvalue weighted by Gasteiger charge is -2.29. The molecule has 1 aromatic rings. The molecule has 1 heterocycles. The van der Waals surface area contributed by atoms with Crippen LogP contribution in [0.15, 0.2) is 30.0 Å². The maximum atomic E-state index is 12.6. The molecule has 1 saturated heterocycles. The minimum Gasteiger partial charge on any atom is -0.478 e. The number of aromatic carboxylic acids is 1. The third-order valence-electron chi connectivity index (χ3n) is 4.32. The van der Waals surface area contributed by atoms with E-state index in [4.69, 9.17) is 17.3 Å². The highest BCUT2D eigenvalue weighted by Gasteiger charge is 2.36. The third-order valence-corrected chi connectivity index (χ3v) is 4.62. The van der Waals surface area contributed by atoms with Crippen LogP contribution in [0.1, 0.15) is 48.0 Å². The summed E-state index contributed by atoms with van der Waals surface area (Å²) in [6.07, 6.45) is 7.18. The fourth-order valence-corrected chi connectivity index (χ4v) is 3.45. The first kappa shape index (κ1) is 15.7. The lowest BCUT2D eigenvalue weighted by atomic mass is 9.94. The summed E-state index contributed by atoms with van der Waals surface area (Å²) in [6.45, 7) is 0. The van der Waals surface area contributed by atoms with Crippen molar-refractivity contribution in [1.29, 1.82) is 0 Å². The van der Waals surface area contributed by atoms with E-state index in [1.54, 1.807) is 23.1 Å². The maximum absolute atomic E-state index is 12.6. The van der Waals surface area contributed by atoms with E-state index in [0.29, 0.717) is 10.8 Å². The van der Waals surface area contributed by atoms with E-state index >= 15 is 0 Å². The van der Waals surface area contributed by atoms with Gasteiger partial charge in [0.2, 0.25) is 0 Å². The summed E-state index contributed by atoms with van der Waals surface area (Å²) in [6, 6.07) is 6.59. The van der Waals surface area contributed by atoms with Gasteiger partial charge in [0, 0.05) is 6.04 Å². The summed E-state index contributed by atoms with van der Waals surface area (Å²) < 4.78 is 0. The van der Waals surface area contributed by atoms with E-state index in [-0.39, 0.29) is 17.5 Å². The van der Waals surface area contributed by atoms with Crippen molar-refractivity contribution in [3.63, 3.8) is 0 Å².